The SMILES string of the molecule is Cc1ccc(CNC(=O)C2(C(=O)Nc3cccc(Cl)c3Cl)CC2)cc1. The van der Waals surface area contributed by atoms with Crippen LogP contribution in [0.15, 0.2) is 42.5 Å². The number of anilines is 1. The second kappa shape index (κ2) is 7.06. The van der Waals surface area contributed by atoms with Gasteiger partial charge < -0.3 is 10.6 Å². The van der Waals surface area contributed by atoms with Crippen molar-refractivity contribution in [3.05, 3.63) is 63.6 Å². The molecule has 1 saturated carbocycles. The molecule has 0 bridgehead atoms. The van der Waals surface area contributed by atoms with Gasteiger partial charge in [-0.05, 0) is 37.5 Å². The van der Waals surface area contributed by atoms with Gasteiger partial charge in [-0.2, -0.15) is 0 Å². The van der Waals surface area contributed by atoms with Crippen LogP contribution in [0.2, 0.25) is 10.0 Å². The lowest BCUT2D eigenvalue weighted by Crippen LogP contribution is -2.39. The number of benzene rings is 2. The monoisotopic (exact) mass is 376 g/mol. The van der Waals surface area contributed by atoms with Crippen LogP contribution in [-0.4, -0.2) is 11.8 Å². The number of rotatable bonds is 5. The summed E-state index contributed by atoms with van der Waals surface area (Å²) >= 11 is 12.0. The van der Waals surface area contributed by atoms with E-state index in [2.05, 4.69) is 10.6 Å². The summed E-state index contributed by atoms with van der Waals surface area (Å²) in [5.74, 6) is -0.609. The van der Waals surface area contributed by atoms with Crippen LogP contribution in [0.3, 0.4) is 0 Å². The molecule has 1 aliphatic carbocycles. The van der Waals surface area contributed by atoms with Crippen molar-refractivity contribution in [2.24, 2.45) is 5.41 Å². The fourth-order valence-corrected chi connectivity index (χ4v) is 2.93. The zero-order valence-electron chi connectivity index (χ0n) is 13.7. The maximum absolute atomic E-state index is 12.6. The van der Waals surface area contributed by atoms with E-state index in [1.54, 1.807) is 18.2 Å². The molecular weight excluding hydrogens is 359 g/mol. The van der Waals surface area contributed by atoms with Crippen molar-refractivity contribution in [1.82, 2.24) is 5.32 Å². The largest absolute Gasteiger partial charge is 0.351 e. The maximum Gasteiger partial charge on any atom is 0.240 e. The molecule has 2 N–H and O–H groups in total. The second-order valence-electron chi connectivity index (χ2n) is 6.31. The van der Waals surface area contributed by atoms with Gasteiger partial charge in [0.2, 0.25) is 11.8 Å². The van der Waals surface area contributed by atoms with Gasteiger partial charge in [-0.15, -0.1) is 0 Å². The molecule has 0 radical (unpaired) electrons. The summed E-state index contributed by atoms with van der Waals surface area (Å²) in [4.78, 5) is 25.1. The number of hydrogen-bond donors (Lipinski definition) is 2. The van der Waals surface area contributed by atoms with E-state index in [1.165, 1.54) is 0 Å². The van der Waals surface area contributed by atoms with Gasteiger partial charge in [-0.1, -0.05) is 59.1 Å². The summed E-state index contributed by atoms with van der Waals surface area (Å²) in [7, 11) is 0. The Kier molecular flexibility index (Phi) is 5.02. The number of amides is 2. The molecule has 0 aliphatic heterocycles. The summed E-state index contributed by atoms with van der Waals surface area (Å²) in [6.45, 7) is 2.40. The van der Waals surface area contributed by atoms with Gasteiger partial charge in [-0.3, -0.25) is 9.59 Å². The van der Waals surface area contributed by atoms with Gasteiger partial charge in [0, 0.05) is 6.54 Å². The number of carbonyl (C=O) groups is 2. The van der Waals surface area contributed by atoms with Crippen LogP contribution in [0, 0.1) is 12.3 Å². The quantitative estimate of drug-likeness (QED) is 0.762. The highest BCUT2D eigenvalue weighted by Gasteiger charge is 2.56. The highest BCUT2D eigenvalue weighted by atomic mass is 35.5. The van der Waals surface area contributed by atoms with Gasteiger partial charge in [0.25, 0.3) is 0 Å². The molecule has 3 rings (SSSR count). The van der Waals surface area contributed by atoms with Gasteiger partial charge in [0.1, 0.15) is 5.41 Å². The van der Waals surface area contributed by atoms with E-state index in [0.717, 1.165) is 11.1 Å². The van der Waals surface area contributed by atoms with Crippen molar-refractivity contribution < 1.29 is 9.59 Å². The average Bonchev–Trinajstić information content (AvgIpc) is 3.40. The molecule has 0 atom stereocenters. The first-order chi connectivity index (χ1) is 11.9. The summed E-state index contributed by atoms with van der Waals surface area (Å²) in [6.07, 6.45) is 1.05. The zero-order chi connectivity index (χ0) is 18.0. The molecule has 0 aromatic heterocycles. The summed E-state index contributed by atoms with van der Waals surface area (Å²) < 4.78 is 0. The molecule has 0 saturated heterocycles. The molecule has 2 aromatic carbocycles. The standard InChI is InChI=1S/C19H18Cl2N2O2/c1-12-5-7-13(8-6-12)11-22-17(24)19(9-10-19)18(25)23-15-4-2-3-14(20)16(15)21/h2-8H,9-11H2,1H3,(H,22,24)(H,23,25). The Morgan fingerprint density at radius 1 is 1.04 bits per heavy atom. The van der Waals surface area contributed by atoms with E-state index in [-0.39, 0.29) is 16.8 Å². The van der Waals surface area contributed by atoms with E-state index in [9.17, 15) is 9.59 Å². The molecule has 2 amide bonds. The van der Waals surface area contributed by atoms with E-state index in [0.29, 0.717) is 30.1 Å². The molecule has 0 heterocycles. The molecule has 1 fully saturated rings. The fourth-order valence-electron chi connectivity index (χ4n) is 2.58. The van der Waals surface area contributed by atoms with Crippen molar-refractivity contribution in [2.75, 3.05) is 5.32 Å². The first-order valence-corrected chi connectivity index (χ1v) is 8.77. The molecular formula is C19H18Cl2N2O2. The van der Waals surface area contributed by atoms with Gasteiger partial charge in [0.15, 0.2) is 0 Å². The normalized spacial score (nSPS) is 14.7. The van der Waals surface area contributed by atoms with E-state index >= 15 is 0 Å². The summed E-state index contributed by atoms with van der Waals surface area (Å²) in [5.41, 5.74) is 1.55. The van der Waals surface area contributed by atoms with Crippen molar-refractivity contribution in [3.8, 4) is 0 Å². The minimum absolute atomic E-state index is 0.260. The molecule has 0 unspecified atom stereocenters. The predicted molar refractivity (Wildman–Crippen MR) is 99.8 cm³/mol. The fraction of sp³-hybridized carbons (Fsp3) is 0.263. The highest BCUT2D eigenvalue weighted by Crippen LogP contribution is 2.47. The Balaban J connectivity index is 1.64. The first kappa shape index (κ1) is 17.8. The third-order valence-electron chi connectivity index (χ3n) is 4.39. The summed E-state index contributed by atoms with van der Waals surface area (Å²) in [6, 6.07) is 12.9. The number of halogens is 2. The van der Waals surface area contributed by atoms with Crippen LogP contribution in [-0.2, 0) is 16.1 Å². The molecule has 2 aromatic rings. The number of hydrogen-bond acceptors (Lipinski definition) is 2. The van der Waals surface area contributed by atoms with E-state index < -0.39 is 5.41 Å². The molecule has 1 aliphatic rings. The topological polar surface area (TPSA) is 58.2 Å². The van der Waals surface area contributed by atoms with Crippen molar-refractivity contribution in [2.45, 2.75) is 26.3 Å². The van der Waals surface area contributed by atoms with Crippen molar-refractivity contribution in [3.63, 3.8) is 0 Å². The number of nitrogens with one attached hydrogen (secondary N) is 2. The maximum atomic E-state index is 12.6. The lowest BCUT2D eigenvalue weighted by Gasteiger charge is -2.16. The Labute approximate surface area is 156 Å². The van der Waals surface area contributed by atoms with Crippen LogP contribution in [0.25, 0.3) is 0 Å². The van der Waals surface area contributed by atoms with Crippen molar-refractivity contribution in [1.29, 1.82) is 0 Å². The van der Waals surface area contributed by atoms with Crippen LogP contribution >= 0.6 is 23.2 Å². The predicted octanol–water partition coefficient (Wildman–Crippen LogP) is 4.34. The Hall–Kier alpha value is -2.04. The molecule has 6 heteroatoms. The smallest absolute Gasteiger partial charge is 0.240 e. The van der Waals surface area contributed by atoms with Crippen LogP contribution < -0.4 is 10.6 Å². The third kappa shape index (κ3) is 3.80. The summed E-state index contributed by atoms with van der Waals surface area (Å²) in [5, 5.41) is 6.21. The van der Waals surface area contributed by atoms with Crippen LogP contribution in [0.1, 0.15) is 24.0 Å². The zero-order valence-corrected chi connectivity index (χ0v) is 15.2. The molecule has 4 nitrogen and oxygen atoms in total. The highest BCUT2D eigenvalue weighted by molar-refractivity contribution is 6.44. The molecule has 0 spiro atoms. The Morgan fingerprint density at radius 2 is 1.72 bits per heavy atom. The average molecular weight is 377 g/mol. The Morgan fingerprint density at radius 3 is 2.36 bits per heavy atom. The molecule has 130 valence electrons. The van der Waals surface area contributed by atoms with E-state index in [4.69, 9.17) is 23.2 Å². The minimum atomic E-state index is -1.02. The lowest BCUT2D eigenvalue weighted by atomic mass is 10.0. The first-order valence-electron chi connectivity index (χ1n) is 8.02. The minimum Gasteiger partial charge on any atom is -0.351 e. The van der Waals surface area contributed by atoms with Gasteiger partial charge >= 0.3 is 0 Å². The third-order valence-corrected chi connectivity index (χ3v) is 5.21. The van der Waals surface area contributed by atoms with Crippen LogP contribution in [0.4, 0.5) is 5.69 Å². The second-order valence-corrected chi connectivity index (χ2v) is 7.09. The Bertz CT molecular complexity index is 815. The van der Waals surface area contributed by atoms with Gasteiger partial charge in [-0.25, -0.2) is 0 Å². The van der Waals surface area contributed by atoms with Crippen LogP contribution in [0.5, 0.6) is 0 Å². The van der Waals surface area contributed by atoms with Crippen molar-refractivity contribution >= 4 is 40.7 Å². The molecule has 25 heavy (non-hydrogen) atoms. The number of carbonyl (C=O) groups excluding carboxylic acids is 2. The van der Waals surface area contributed by atoms with Gasteiger partial charge in [0.05, 0.1) is 15.7 Å². The van der Waals surface area contributed by atoms with E-state index in [1.807, 2.05) is 31.2 Å². The lowest BCUT2D eigenvalue weighted by molar-refractivity contribution is -0.134. The number of aryl methyl sites for hydroxylation is 1.